The topological polar surface area (TPSA) is 41.1 Å². The summed E-state index contributed by atoms with van der Waals surface area (Å²) in [6.45, 7) is 3.92. The van der Waals surface area contributed by atoms with Crippen LogP contribution in [0.25, 0.3) is 0 Å². The van der Waals surface area contributed by atoms with E-state index in [4.69, 9.17) is 0 Å². The maximum atomic E-state index is 12.3. The molecular formula is C17H25ClN2O. The molecular weight excluding hydrogens is 284 g/mol. The minimum Gasteiger partial charge on any atom is -0.355 e. The molecule has 0 spiro atoms. The van der Waals surface area contributed by atoms with E-state index < -0.39 is 0 Å². The molecule has 21 heavy (non-hydrogen) atoms. The summed E-state index contributed by atoms with van der Waals surface area (Å²) in [6.07, 6.45) is 4.26. The van der Waals surface area contributed by atoms with Crippen molar-refractivity contribution >= 4 is 18.3 Å². The van der Waals surface area contributed by atoms with Gasteiger partial charge in [0, 0.05) is 24.4 Å². The lowest BCUT2D eigenvalue weighted by Gasteiger charge is -2.27. The van der Waals surface area contributed by atoms with Crippen molar-refractivity contribution in [1.29, 1.82) is 0 Å². The smallest absolute Gasteiger partial charge is 0.223 e. The van der Waals surface area contributed by atoms with Crippen LogP contribution in [0.4, 0.5) is 0 Å². The number of benzene rings is 1. The largest absolute Gasteiger partial charge is 0.355 e. The fraction of sp³-hybridized carbons (Fsp3) is 0.588. The number of piperidine rings is 1. The predicted molar refractivity (Wildman–Crippen MR) is 88.0 cm³/mol. The van der Waals surface area contributed by atoms with E-state index in [1.165, 1.54) is 17.5 Å². The normalized spacial score (nSPS) is 27.6. The standard InChI is InChI=1S/C17H24N2O.ClH/c1-12-10-14(8-9-18-12)17(20)19-11-15-7-6-13-4-2-3-5-16(13)15;/h2-5,12,14-15,18H,6-11H2,1H3,(H,19,20);1H/t12-,14-,15?;/m0./s1. The van der Waals surface area contributed by atoms with Gasteiger partial charge in [-0.1, -0.05) is 24.3 Å². The Bertz CT molecular complexity index is 491. The zero-order valence-electron chi connectivity index (χ0n) is 12.6. The highest BCUT2D eigenvalue weighted by Crippen LogP contribution is 2.32. The SMILES string of the molecule is C[C@H]1C[C@@H](C(=O)NCC2CCc3ccccc32)CCN1.Cl. The van der Waals surface area contributed by atoms with Gasteiger partial charge in [0.25, 0.3) is 0 Å². The first-order valence-electron chi connectivity index (χ1n) is 7.83. The maximum absolute atomic E-state index is 12.3. The van der Waals surface area contributed by atoms with E-state index >= 15 is 0 Å². The third-order valence-corrected chi connectivity index (χ3v) is 4.77. The van der Waals surface area contributed by atoms with E-state index in [1.54, 1.807) is 0 Å². The van der Waals surface area contributed by atoms with Crippen molar-refractivity contribution in [3.8, 4) is 0 Å². The molecule has 0 aromatic heterocycles. The summed E-state index contributed by atoms with van der Waals surface area (Å²) in [4.78, 5) is 12.3. The van der Waals surface area contributed by atoms with Gasteiger partial charge in [-0.3, -0.25) is 4.79 Å². The molecule has 1 unspecified atom stereocenters. The quantitative estimate of drug-likeness (QED) is 0.901. The Kier molecular flexibility index (Phi) is 5.65. The fourth-order valence-electron chi connectivity index (χ4n) is 3.60. The van der Waals surface area contributed by atoms with Crippen molar-refractivity contribution in [2.75, 3.05) is 13.1 Å². The summed E-state index contributed by atoms with van der Waals surface area (Å²) in [7, 11) is 0. The van der Waals surface area contributed by atoms with Crippen LogP contribution < -0.4 is 10.6 Å². The highest BCUT2D eigenvalue weighted by molar-refractivity contribution is 5.85. The van der Waals surface area contributed by atoms with Crippen molar-refractivity contribution in [2.45, 2.75) is 44.6 Å². The molecule has 3 rings (SSSR count). The molecule has 1 saturated heterocycles. The average Bonchev–Trinajstić information content (AvgIpc) is 2.88. The minimum atomic E-state index is 0. The molecule has 2 N–H and O–H groups in total. The summed E-state index contributed by atoms with van der Waals surface area (Å²) in [6, 6.07) is 9.10. The van der Waals surface area contributed by atoms with E-state index in [0.29, 0.717) is 12.0 Å². The van der Waals surface area contributed by atoms with Gasteiger partial charge in [-0.05, 0) is 50.3 Å². The Labute approximate surface area is 133 Å². The van der Waals surface area contributed by atoms with Gasteiger partial charge in [0.1, 0.15) is 0 Å². The van der Waals surface area contributed by atoms with Gasteiger partial charge in [0.15, 0.2) is 0 Å². The van der Waals surface area contributed by atoms with Gasteiger partial charge < -0.3 is 10.6 Å². The van der Waals surface area contributed by atoms with Crippen LogP contribution in [0.2, 0.25) is 0 Å². The van der Waals surface area contributed by atoms with Gasteiger partial charge in [-0.25, -0.2) is 0 Å². The van der Waals surface area contributed by atoms with Gasteiger partial charge >= 0.3 is 0 Å². The van der Waals surface area contributed by atoms with Crippen LogP contribution in [-0.4, -0.2) is 25.0 Å². The number of amides is 1. The molecule has 1 aliphatic heterocycles. The van der Waals surface area contributed by atoms with E-state index in [0.717, 1.165) is 32.4 Å². The first-order chi connectivity index (χ1) is 9.74. The highest BCUT2D eigenvalue weighted by Gasteiger charge is 2.26. The molecule has 0 saturated carbocycles. The van der Waals surface area contributed by atoms with E-state index in [9.17, 15) is 4.79 Å². The Morgan fingerprint density at radius 2 is 2.14 bits per heavy atom. The fourth-order valence-corrected chi connectivity index (χ4v) is 3.60. The van der Waals surface area contributed by atoms with E-state index in [2.05, 4.69) is 41.8 Å². The van der Waals surface area contributed by atoms with Crippen molar-refractivity contribution in [2.24, 2.45) is 5.92 Å². The number of halogens is 1. The Morgan fingerprint density at radius 1 is 1.33 bits per heavy atom. The second kappa shape index (κ2) is 7.28. The molecule has 116 valence electrons. The molecule has 0 radical (unpaired) electrons. The molecule has 1 aliphatic carbocycles. The zero-order valence-corrected chi connectivity index (χ0v) is 13.4. The van der Waals surface area contributed by atoms with Crippen LogP contribution in [0.3, 0.4) is 0 Å². The average molecular weight is 309 g/mol. The second-order valence-corrected chi connectivity index (χ2v) is 6.26. The molecule has 1 aromatic carbocycles. The predicted octanol–water partition coefficient (Wildman–Crippen LogP) is 2.64. The van der Waals surface area contributed by atoms with Crippen molar-refractivity contribution in [3.05, 3.63) is 35.4 Å². The summed E-state index contributed by atoms with van der Waals surface area (Å²) in [5.41, 5.74) is 2.90. The van der Waals surface area contributed by atoms with Crippen LogP contribution in [0.1, 0.15) is 43.2 Å². The third-order valence-electron chi connectivity index (χ3n) is 4.77. The Hall–Kier alpha value is -1.06. The van der Waals surface area contributed by atoms with E-state index in [1.807, 2.05) is 0 Å². The molecule has 1 amide bonds. The number of fused-ring (bicyclic) bond motifs is 1. The number of hydrogen-bond donors (Lipinski definition) is 2. The van der Waals surface area contributed by atoms with Crippen molar-refractivity contribution in [1.82, 2.24) is 10.6 Å². The number of rotatable bonds is 3. The first-order valence-corrected chi connectivity index (χ1v) is 7.83. The Balaban J connectivity index is 0.00000161. The molecule has 1 aromatic rings. The molecule has 3 atom stereocenters. The lowest BCUT2D eigenvalue weighted by molar-refractivity contribution is -0.126. The summed E-state index contributed by atoms with van der Waals surface area (Å²) < 4.78 is 0. The second-order valence-electron chi connectivity index (χ2n) is 6.26. The molecule has 2 aliphatic rings. The first kappa shape index (κ1) is 16.3. The number of carbonyl (C=O) groups excluding carboxylic acids is 1. The van der Waals surface area contributed by atoms with Crippen LogP contribution >= 0.6 is 12.4 Å². The van der Waals surface area contributed by atoms with Gasteiger partial charge in [-0.15, -0.1) is 12.4 Å². The van der Waals surface area contributed by atoms with Crippen molar-refractivity contribution in [3.63, 3.8) is 0 Å². The lowest BCUT2D eigenvalue weighted by Crippen LogP contribution is -2.43. The van der Waals surface area contributed by atoms with Crippen molar-refractivity contribution < 1.29 is 4.79 Å². The lowest BCUT2D eigenvalue weighted by atomic mass is 9.92. The zero-order chi connectivity index (χ0) is 13.9. The molecule has 3 nitrogen and oxygen atoms in total. The maximum Gasteiger partial charge on any atom is 0.223 e. The summed E-state index contributed by atoms with van der Waals surface area (Å²) in [5.74, 6) is 0.958. The van der Waals surface area contributed by atoms with Gasteiger partial charge in [-0.2, -0.15) is 0 Å². The van der Waals surface area contributed by atoms with Gasteiger partial charge in [0.2, 0.25) is 5.91 Å². The number of nitrogens with one attached hydrogen (secondary N) is 2. The number of hydrogen-bond acceptors (Lipinski definition) is 2. The molecule has 1 fully saturated rings. The molecule has 4 heteroatoms. The molecule has 1 heterocycles. The summed E-state index contributed by atoms with van der Waals surface area (Å²) in [5, 5.41) is 6.59. The highest BCUT2D eigenvalue weighted by atomic mass is 35.5. The Morgan fingerprint density at radius 3 is 2.95 bits per heavy atom. The summed E-state index contributed by atoms with van der Waals surface area (Å²) >= 11 is 0. The van der Waals surface area contributed by atoms with Crippen LogP contribution in [0, 0.1) is 5.92 Å². The van der Waals surface area contributed by atoms with Crippen LogP contribution in [0.15, 0.2) is 24.3 Å². The third kappa shape index (κ3) is 3.78. The van der Waals surface area contributed by atoms with E-state index in [-0.39, 0.29) is 24.2 Å². The number of carbonyl (C=O) groups is 1. The monoisotopic (exact) mass is 308 g/mol. The molecule has 0 bridgehead atoms. The van der Waals surface area contributed by atoms with Crippen LogP contribution in [-0.2, 0) is 11.2 Å². The van der Waals surface area contributed by atoms with Crippen LogP contribution in [0.5, 0.6) is 0 Å². The number of aryl methyl sites for hydroxylation is 1. The minimum absolute atomic E-state index is 0. The van der Waals surface area contributed by atoms with Gasteiger partial charge in [0.05, 0.1) is 0 Å².